The van der Waals surface area contributed by atoms with Crippen LogP contribution in [0.5, 0.6) is 0 Å². The zero-order chi connectivity index (χ0) is 9.26. The van der Waals surface area contributed by atoms with Gasteiger partial charge >= 0.3 is 5.97 Å². The van der Waals surface area contributed by atoms with E-state index in [1.165, 1.54) is 28.4 Å². The van der Waals surface area contributed by atoms with Crippen molar-refractivity contribution < 1.29 is 9.90 Å². The Morgan fingerprint density at radius 2 is 2.46 bits per heavy atom. The van der Waals surface area contributed by atoms with E-state index < -0.39 is 5.97 Å². The fourth-order valence-electron chi connectivity index (χ4n) is 0.805. The summed E-state index contributed by atoms with van der Waals surface area (Å²) in [6.45, 7) is 0. The van der Waals surface area contributed by atoms with Crippen LogP contribution in [0, 0.1) is 0 Å². The molecule has 0 aliphatic rings. The summed E-state index contributed by atoms with van der Waals surface area (Å²) in [5.41, 5.74) is 1.69. The molecule has 0 spiro atoms. The number of hydrogen-bond donors (Lipinski definition) is 1. The Morgan fingerprint density at radius 3 is 3.00 bits per heavy atom. The highest BCUT2D eigenvalue weighted by Crippen LogP contribution is 2.08. The number of rotatable bonds is 2. The van der Waals surface area contributed by atoms with E-state index in [2.05, 4.69) is 15.3 Å². The fraction of sp³-hybridized carbons (Fsp3) is 0. The van der Waals surface area contributed by atoms with Crippen LogP contribution in [-0.4, -0.2) is 31.1 Å². The van der Waals surface area contributed by atoms with E-state index >= 15 is 0 Å². The molecule has 7 heteroatoms. The van der Waals surface area contributed by atoms with Crippen LogP contribution in [0.3, 0.4) is 0 Å². The molecule has 0 bridgehead atoms. The number of carboxylic acids is 1. The zero-order valence-corrected chi connectivity index (χ0v) is 7.10. The molecule has 66 valence electrons. The molecule has 2 aromatic heterocycles. The van der Waals surface area contributed by atoms with Gasteiger partial charge in [-0.1, -0.05) is 11.3 Å². The summed E-state index contributed by atoms with van der Waals surface area (Å²) in [6, 6.07) is 0. The number of hydrogen-bond acceptors (Lipinski definition) is 5. The number of carbonyl (C=O) groups is 1. The SMILES string of the molecule is O=C(O)c1cnn(-c2nncs2)c1. The van der Waals surface area contributed by atoms with Crippen molar-refractivity contribution in [1.29, 1.82) is 0 Å². The van der Waals surface area contributed by atoms with Crippen LogP contribution in [0.4, 0.5) is 0 Å². The van der Waals surface area contributed by atoms with Gasteiger partial charge in [0.15, 0.2) is 0 Å². The fourth-order valence-corrected chi connectivity index (χ4v) is 1.30. The molecule has 0 aliphatic carbocycles. The lowest BCUT2D eigenvalue weighted by atomic mass is 10.4. The lowest BCUT2D eigenvalue weighted by molar-refractivity contribution is 0.0697. The summed E-state index contributed by atoms with van der Waals surface area (Å²) < 4.78 is 1.38. The van der Waals surface area contributed by atoms with E-state index in [9.17, 15) is 4.79 Å². The second-order valence-corrected chi connectivity index (χ2v) is 3.01. The van der Waals surface area contributed by atoms with Crippen LogP contribution in [0.15, 0.2) is 17.9 Å². The maximum atomic E-state index is 10.5. The van der Waals surface area contributed by atoms with E-state index in [0.29, 0.717) is 5.13 Å². The van der Waals surface area contributed by atoms with Gasteiger partial charge in [0, 0.05) is 6.20 Å². The topological polar surface area (TPSA) is 80.9 Å². The predicted molar refractivity (Wildman–Crippen MR) is 44.0 cm³/mol. The molecule has 0 atom stereocenters. The first kappa shape index (κ1) is 7.87. The molecule has 13 heavy (non-hydrogen) atoms. The smallest absolute Gasteiger partial charge is 0.338 e. The minimum absolute atomic E-state index is 0.134. The van der Waals surface area contributed by atoms with Crippen LogP contribution in [-0.2, 0) is 0 Å². The average molecular weight is 196 g/mol. The van der Waals surface area contributed by atoms with Gasteiger partial charge in [0.1, 0.15) is 5.51 Å². The van der Waals surface area contributed by atoms with Crippen LogP contribution in [0.1, 0.15) is 10.4 Å². The number of nitrogens with zero attached hydrogens (tertiary/aromatic N) is 4. The summed E-state index contributed by atoms with van der Waals surface area (Å²) in [5.74, 6) is -1.00. The van der Waals surface area contributed by atoms with Gasteiger partial charge in [-0.25, -0.2) is 9.48 Å². The van der Waals surface area contributed by atoms with Crippen molar-refractivity contribution in [3.8, 4) is 5.13 Å². The molecular weight excluding hydrogens is 192 g/mol. The first-order valence-corrected chi connectivity index (χ1v) is 4.20. The molecular formula is C6H4N4O2S. The summed E-state index contributed by atoms with van der Waals surface area (Å²) in [5, 5.41) is 20.3. The minimum atomic E-state index is -1.00. The van der Waals surface area contributed by atoms with Crippen molar-refractivity contribution in [2.24, 2.45) is 0 Å². The van der Waals surface area contributed by atoms with Crippen molar-refractivity contribution in [3.05, 3.63) is 23.5 Å². The zero-order valence-electron chi connectivity index (χ0n) is 6.28. The van der Waals surface area contributed by atoms with E-state index in [4.69, 9.17) is 5.11 Å². The molecule has 0 radical (unpaired) electrons. The molecule has 0 aromatic carbocycles. The third-order valence-corrected chi connectivity index (χ3v) is 2.05. The van der Waals surface area contributed by atoms with E-state index in [1.807, 2.05) is 0 Å². The van der Waals surface area contributed by atoms with E-state index in [0.717, 1.165) is 0 Å². The Hall–Kier alpha value is -1.76. The highest BCUT2D eigenvalue weighted by Gasteiger charge is 2.08. The molecule has 0 aliphatic heterocycles. The lowest BCUT2D eigenvalue weighted by Crippen LogP contribution is -1.95. The molecule has 0 unspecified atom stereocenters. The van der Waals surface area contributed by atoms with Gasteiger partial charge < -0.3 is 5.11 Å². The van der Waals surface area contributed by atoms with Crippen molar-refractivity contribution in [1.82, 2.24) is 20.0 Å². The Morgan fingerprint density at radius 1 is 1.62 bits per heavy atom. The normalized spacial score (nSPS) is 10.2. The highest BCUT2D eigenvalue weighted by atomic mass is 32.1. The van der Waals surface area contributed by atoms with Crippen LogP contribution in [0.25, 0.3) is 5.13 Å². The molecule has 0 saturated carbocycles. The average Bonchev–Trinajstić information content (AvgIpc) is 2.75. The highest BCUT2D eigenvalue weighted by molar-refractivity contribution is 7.11. The van der Waals surface area contributed by atoms with Crippen molar-refractivity contribution >= 4 is 17.3 Å². The van der Waals surface area contributed by atoms with Crippen molar-refractivity contribution in [2.75, 3.05) is 0 Å². The minimum Gasteiger partial charge on any atom is -0.478 e. The largest absolute Gasteiger partial charge is 0.478 e. The van der Waals surface area contributed by atoms with Gasteiger partial charge in [-0.3, -0.25) is 0 Å². The van der Waals surface area contributed by atoms with E-state index in [-0.39, 0.29) is 5.56 Å². The third kappa shape index (κ3) is 1.41. The summed E-state index contributed by atoms with van der Waals surface area (Å²) >= 11 is 1.29. The van der Waals surface area contributed by atoms with Gasteiger partial charge in [-0.15, -0.1) is 10.2 Å². The molecule has 2 aromatic rings. The van der Waals surface area contributed by atoms with Crippen molar-refractivity contribution in [2.45, 2.75) is 0 Å². The summed E-state index contributed by atoms with van der Waals surface area (Å²) in [7, 11) is 0. The molecule has 0 amide bonds. The van der Waals surface area contributed by atoms with Crippen LogP contribution < -0.4 is 0 Å². The van der Waals surface area contributed by atoms with Gasteiger partial charge in [-0.05, 0) is 0 Å². The van der Waals surface area contributed by atoms with Gasteiger partial charge in [-0.2, -0.15) is 5.10 Å². The van der Waals surface area contributed by atoms with Crippen molar-refractivity contribution in [3.63, 3.8) is 0 Å². The Bertz CT molecular complexity index is 422. The molecule has 1 N–H and O–H groups in total. The van der Waals surface area contributed by atoms with Gasteiger partial charge in [0.25, 0.3) is 0 Å². The maximum absolute atomic E-state index is 10.5. The summed E-state index contributed by atoms with van der Waals surface area (Å²) in [6.07, 6.45) is 2.66. The van der Waals surface area contributed by atoms with E-state index in [1.54, 1.807) is 5.51 Å². The summed E-state index contributed by atoms with van der Waals surface area (Å²) in [4.78, 5) is 10.5. The first-order chi connectivity index (χ1) is 6.27. The number of aromatic nitrogens is 4. The first-order valence-electron chi connectivity index (χ1n) is 3.32. The second kappa shape index (κ2) is 2.94. The third-order valence-electron chi connectivity index (χ3n) is 1.37. The number of carboxylic acid groups (broad SMARTS) is 1. The Labute approximate surface area is 76.5 Å². The monoisotopic (exact) mass is 196 g/mol. The molecule has 0 saturated heterocycles. The number of aromatic carboxylic acids is 1. The lowest BCUT2D eigenvalue weighted by Gasteiger charge is -1.89. The predicted octanol–water partition coefficient (Wildman–Crippen LogP) is 0.422. The molecule has 0 fully saturated rings. The van der Waals surface area contributed by atoms with Gasteiger partial charge in [0.2, 0.25) is 5.13 Å². The van der Waals surface area contributed by atoms with Crippen LogP contribution >= 0.6 is 11.3 Å². The molecule has 2 heterocycles. The standard InChI is InChI=1S/C6H4N4O2S/c11-5(12)4-1-8-10(2-4)6-9-7-3-13-6/h1-3H,(H,11,12). The second-order valence-electron chi connectivity index (χ2n) is 2.20. The van der Waals surface area contributed by atoms with Gasteiger partial charge in [0.05, 0.1) is 11.8 Å². The maximum Gasteiger partial charge on any atom is 0.338 e. The molecule has 2 rings (SSSR count). The molecule has 6 nitrogen and oxygen atoms in total. The van der Waals surface area contributed by atoms with Crippen LogP contribution in [0.2, 0.25) is 0 Å². The Balaban J connectivity index is 2.39. The quantitative estimate of drug-likeness (QED) is 0.752. The Kier molecular flexibility index (Phi) is 1.78.